The summed E-state index contributed by atoms with van der Waals surface area (Å²) in [7, 11) is 0. The first-order valence-corrected chi connectivity index (χ1v) is 5.42. The molecule has 0 radical (unpaired) electrons. The molecule has 1 rings (SSSR count). The van der Waals surface area contributed by atoms with Crippen molar-refractivity contribution in [2.24, 2.45) is 0 Å². The van der Waals surface area contributed by atoms with Gasteiger partial charge in [-0.15, -0.1) is 6.42 Å². The molecular weight excluding hydrogens is 293 g/mol. The second-order valence-corrected chi connectivity index (χ2v) is 3.87. The van der Waals surface area contributed by atoms with E-state index in [0.29, 0.717) is 17.0 Å². The number of hydrogen-bond acceptors (Lipinski definition) is 3. The lowest BCUT2D eigenvalue weighted by atomic mass is 10.2. The molecule has 0 fully saturated rings. The van der Waals surface area contributed by atoms with Crippen LogP contribution in [-0.4, -0.2) is 40.0 Å². The maximum atomic E-state index is 12.4. The maximum Gasteiger partial charge on any atom is 0.431 e. The molecule has 1 aromatic rings. The fourth-order valence-electron chi connectivity index (χ4n) is 1.45. The van der Waals surface area contributed by atoms with Gasteiger partial charge >= 0.3 is 12.1 Å². The van der Waals surface area contributed by atoms with Crippen molar-refractivity contribution in [2.75, 3.05) is 13.1 Å². The highest BCUT2D eigenvalue weighted by Gasteiger charge is 2.32. The number of carbonyl (C=O) groups excluding carboxylic acids is 1. The van der Waals surface area contributed by atoms with E-state index >= 15 is 0 Å². The minimum absolute atomic E-state index is 0.397. The van der Waals surface area contributed by atoms with E-state index in [-0.39, 0.29) is 0 Å². The molecular formula is C12H9F3N2O4. The van der Waals surface area contributed by atoms with Crippen LogP contribution < -0.4 is 5.56 Å². The molecule has 6 nitrogen and oxygen atoms in total. The summed E-state index contributed by atoms with van der Waals surface area (Å²) in [6.07, 6.45) is 0.205. The van der Waals surface area contributed by atoms with E-state index in [4.69, 9.17) is 11.5 Å². The number of amides is 1. The van der Waals surface area contributed by atoms with Gasteiger partial charge in [0, 0.05) is 0 Å². The first kappa shape index (κ1) is 16.3. The number of hydrogen-bond donors (Lipinski definition) is 2. The van der Waals surface area contributed by atoms with E-state index < -0.39 is 48.0 Å². The second-order valence-electron chi connectivity index (χ2n) is 3.87. The monoisotopic (exact) mass is 302 g/mol. The number of aromatic nitrogens is 1. The first-order chi connectivity index (χ1) is 9.66. The van der Waals surface area contributed by atoms with Gasteiger partial charge in [-0.1, -0.05) is 5.92 Å². The maximum absolute atomic E-state index is 12.4. The number of alkyl halides is 3. The van der Waals surface area contributed by atoms with Crippen LogP contribution in [0.15, 0.2) is 16.9 Å². The number of carboxylic acids is 1. The van der Waals surface area contributed by atoms with Gasteiger partial charge < -0.3 is 15.0 Å². The van der Waals surface area contributed by atoms with Crippen LogP contribution in [0.4, 0.5) is 13.2 Å². The number of aliphatic carboxylic acids is 1. The summed E-state index contributed by atoms with van der Waals surface area (Å²) >= 11 is 0. The Morgan fingerprint density at radius 3 is 2.43 bits per heavy atom. The van der Waals surface area contributed by atoms with Crippen molar-refractivity contribution in [3.63, 3.8) is 0 Å². The van der Waals surface area contributed by atoms with Crippen molar-refractivity contribution >= 4 is 11.9 Å². The second kappa shape index (κ2) is 6.13. The van der Waals surface area contributed by atoms with Gasteiger partial charge in [0.15, 0.2) is 0 Å². The molecule has 0 aliphatic carbocycles. The summed E-state index contributed by atoms with van der Waals surface area (Å²) in [4.78, 5) is 36.2. The zero-order chi connectivity index (χ0) is 16.2. The number of carbonyl (C=O) groups is 2. The molecule has 0 aliphatic rings. The van der Waals surface area contributed by atoms with Crippen LogP contribution in [0.5, 0.6) is 0 Å². The van der Waals surface area contributed by atoms with Gasteiger partial charge in [0.05, 0.1) is 6.54 Å². The third-order valence-corrected chi connectivity index (χ3v) is 2.34. The molecule has 0 bridgehead atoms. The van der Waals surface area contributed by atoms with Gasteiger partial charge in [0.2, 0.25) is 0 Å². The molecule has 0 unspecified atom stereocenters. The zero-order valence-corrected chi connectivity index (χ0v) is 10.4. The minimum atomic E-state index is -4.76. The molecule has 9 heteroatoms. The average Bonchev–Trinajstić information content (AvgIpc) is 2.35. The van der Waals surface area contributed by atoms with Crippen molar-refractivity contribution in [3.8, 4) is 12.3 Å². The number of nitrogens with zero attached hydrogens (tertiary/aromatic N) is 1. The highest BCUT2D eigenvalue weighted by Crippen LogP contribution is 2.26. The summed E-state index contributed by atoms with van der Waals surface area (Å²) in [5.41, 5.74) is -3.22. The van der Waals surface area contributed by atoms with Crippen molar-refractivity contribution in [3.05, 3.63) is 33.7 Å². The molecule has 0 atom stereocenters. The van der Waals surface area contributed by atoms with E-state index in [1.165, 1.54) is 4.98 Å². The van der Waals surface area contributed by atoms with Crippen LogP contribution in [0.1, 0.15) is 16.1 Å². The van der Waals surface area contributed by atoms with Crippen LogP contribution in [0, 0.1) is 12.3 Å². The van der Waals surface area contributed by atoms with E-state index in [1.54, 1.807) is 0 Å². The lowest BCUT2D eigenvalue weighted by molar-refractivity contribution is -0.141. The summed E-state index contributed by atoms with van der Waals surface area (Å²) in [6, 6.07) is 1.19. The zero-order valence-electron chi connectivity index (χ0n) is 10.4. The predicted molar refractivity (Wildman–Crippen MR) is 64.4 cm³/mol. The number of halogens is 3. The molecule has 2 N–H and O–H groups in total. The summed E-state index contributed by atoms with van der Waals surface area (Å²) < 4.78 is 37.1. The van der Waals surface area contributed by atoms with Crippen molar-refractivity contribution in [2.45, 2.75) is 6.18 Å². The average molecular weight is 302 g/mol. The van der Waals surface area contributed by atoms with Crippen LogP contribution in [0.3, 0.4) is 0 Å². The third kappa shape index (κ3) is 4.10. The van der Waals surface area contributed by atoms with Gasteiger partial charge in [-0.05, 0) is 12.1 Å². The number of pyridine rings is 1. The number of carboxylic acid groups (broad SMARTS) is 1. The smallest absolute Gasteiger partial charge is 0.431 e. The Balaban J connectivity index is 3.15. The molecule has 0 aliphatic heterocycles. The van der Waals surface area contributed by atoms with Gasteiger partial charge in [0.25, 0.3) is 11.5 Å². The number of nitrogens with one attached hydrogen (secondary N) is 1. The lowest BCUT2D eigenvalue weighted by Gasteiger charge is -2.17. The number of rotatable bonds is 4. The lowest BCUT2D eigenvalue weighted by Crippen LogP contribution is -2.39. The van der Waals surface area contributed by atoms with Crippen molar-refractivity contribution < 1.29 is 27.9 Å². The molecule has 0 saturated carbocycles. The molecule has 1 aromatic heterocycles. The molecule has 0 saturated heterocycles. The molecule has 1 heterocycles. The number of terminal acetylenes is 1. The van der Waals surface area contributed by atoms with Gasteiger partial charge in [-0.2, -0.15) is 13.2 Å². The molecule has 0 spiro atoms. The van der Waals surface area contributed by atoms with E-state index in [1.807, 2.05) is 5.92 Å². The van der Waals surface area contributed by atoms with Crippen molar-refractivity contribution in [1.82, 2.24) is 9.88 Å². The minimum Gasteiger partial charge on any atom is -0.480 e. The standard InChI is InChI=1S/C12H9F3N2O4/c1-2-5-17(6-9(18)19)11(21)7-3-4-8(12(13,14)15)16-10(7)20/h1,3-4H,5-6H2,(H,16,20)(H,18,19). The molecule has 1 amide bonds. The van der Waals surface area contributed by atoms with E-state index in [2.05, 4.69) is 0 Å². The quantitative estimate of drug-likeness (QED) is 0.795. The van der Waals surface area contributed by atoms with Crippen molar-refractivity contribution in [1.29, 1.82) is 0 Å². The Labute approximate surface area is 116 Å². The summed E-state index contributed by atoms with van der Waals surface area (Å²) in [6.45, 7) is -1.17. The van der Waals surface area contributed by atoms with E-state index in [0.717, 1.165) is 0 Å². The van der Waals surface area contributed by atoms with Crippen LogP contribution in [0.25, 0.3) is 0 Å². The molecule has 21 heavy (non-hydrogen) atoms. The molecule has 0 aromatic carbocycles. The summed E-state index contributed by atoms with van der Waals surface area (Å²) in [5, 5.41) is 8.63. The Morgan fingerprint density at radius 2 is 2.00 bits per heavy atom. The normalized spacial score (nSPS) is 10.8. The highest BCUT2D eigenvalue weighted by atomic mass is 19.4. The Kier molecular flexibility index (Phi) is 4.75. The van der Waals surface area contributed by atoms with Gasteiger partial charge in [-0.3, -0.25) is 14.4 Å². The van der Waals surface area contributed by atoms with Gasteiger partial charge in [0.1, 0.15) is 17.8 Å². The Hall–Kier alpha value is -2.76. The van der Waals surface area contributed by atoms with Crippen LogP contribution >= 0.6 is 0 Å². The third-order valence-electron chi connectivity index (χ3n) is 2.34. The highest BCUT2D eigenvalue weighted by molar-refractivity contribution is 5.95. The largest absolute Gasteiger partial charge is 0.480 e. The Morgan fingerprint density at radius 1 is 1.38 bits per heavy atom. The van der Waals surface area contributed by atoms with E-state index in [9.17, 15) is 27.6 Å². The van der Waals surface area contributed by atoms with Crippen LogP contribution in [0.2, 0.25) is 0 Å². The summed E-state index contributed by atoms with van der Waals surface area (Å²) in [5.74, 6) is -0.409. The Bertz CT molecular complexity index is 658. The predicted octanol–water partition coefficient (Wildman–Crippen LogP) is 0.554. The fourth-order valence-corrected chi connectivity index (χ4v) is 1.45. The number of H-pyrrole nitrogens is 1. The first-order valence-electron chi connectivity index (χ1n) is 5.42. The SMILES string of the molecule is C#CCN(CC(=O)O)C(=O)c1ccc(C(F)(F)F)[nH]c1=O. The van der Waals surface area contributed by atoms with Crippen LogP contribution in [-0.2, 0) is 11.0 Å². The van der Waals surface area contributed by atoms with Gasteiger partial charge in [-0.25, -0.2) is 0 Å². The number of aromatic amines is 1. The molecule has 112 valence electrons. The fraction of sp³-hybridized carbons (Fsp3) is 0.250. The topological polar surface area (TPSA) is 90.5 Å².